The van der Waals surface area contributed by atoms with Gasteiger partial charge in [0.1, 0.15) is 5.76 Å². The molecular weight excluding hydrogens is 132 g/mol. The second-order valence-corrected chi connectivity index (χ2v) is 4.17. The van der Waals surface area contributed by atoms with Gasteiger partial charge in [0.05, 0.1) is 4.75 Å². The van der Waals surface area contributed by atoms with E-state index in [9.17, 15) is 5.11 Å². The zero-order valence-electron chi connectivity index (χ0n) is 5.16. The van der Waals surface area contributed by atoms with Gasteiger partial charge in [0, 0.05) is 5.25 Å². The van der Waals surface area contributed by atoms with Crippen molar-refractivity contribution in [1.29, 1.82) is 0 Å². The lowest BCUT2D eigenvalue weighted by molar-refractivity contribution is 0.372. The molecule has 0 saturated carbocycles. The van der Waals surface area contributed by atoms with Crippen LogP contribution in [-0.4, -0.2) is 15.1 Å². The van der Waals surface area contributed by atoms with Crippen molar-refractivity contribution >= 4 is 11.8 Å². The smallest absolute Gasteiger partial charge is 0.109 e. The van der Waals surface area contributed by atoms with Gasteiger partial charge in [0.25, 0.3) is 0 Å². The molecule has 1 heterocycles. The van der Waals surface area contributed by atoms with Crippen LogP contribution in [0.15, 0.2) is 24.0 Å². The SMILES string of the molecule is CC12SC1C=CC=C2O. The lowest BCUT2D eigenvalue weighted by Gasteiger charge is -2.07. The molecule has 0 aromatic heterocycles. The normalized spacial score (nSPS) is 45.9. The van der Waals surface area contributed by atoms with E-state index in [1.165, 1.54) is 0 Å². The zero-order chi connectivity index (χ0) is 6.48. The average molecular weight is 140 g/mol. The van der Waals surface area contributed by atoms with E-state index in [2.05, 4.69) is 13.0 Å². The molecule has 1 aliphatic heterocycles. The summed E-state index contributed by atoms with van der Waals surface area (Å²) in [5.41, 5.74) is 0. The van der Waals surface area contributed by atoms with E-state index in [-0.39, 0.29) is 4.75 Å². The molecule has 2 heteroatoms. The van der Waals surface area contributed by atoms with Gasteiger partial charge in [-0.2, -0.15) is 0 Å². The van der Waals surface area contributed by atoms with Crippen LogP contribution in [0.4, 0.5) is 0 Å². The van der Waals surface area contributed by atoms with E-state index >= 15 is 0 Å². The highest BCUT2D eigenvalue weighted by Gasteiger charge is 2.54. The number of fused-ring (bicyclic) bond motifs is 1. The first-order chi connectivity index (χ1) is 4.23. The summed E-state index contributed by atoms with van der Waals surface area (Å²) in [6, 6.07) is 0. The Morgan fingerprint density at radius 1 is 1.78 bits per heavy atom. The van der Waals surface area contributed by atoms with Crippen LogP contribution < -0.4 is 0 Å². The molecule has 2 atom stereocenters. The predicted molar refractivity (Wildman–Crippen MR) is 39.6 cm³/mol. The molecule has 1 saturated heterocycles. The monoisotopic (exact) mass is 140 g/mol. The van der Waals surface area contributed by atoms with Gasteiger partial charge in [-0.15, -0.1) is 11.8 Å². The minimum atomic E-state index is 0.0503. The minimum absolute atomic E-state index is 0.0503. The second kappa shape index (κ2) is 1.37. The molecule has 0 aromatic rings. The predicted octanol–water partition coefficient (Wildman–Crippen LogP) is 1.87. The van der Waals surface area contributed by atoms with Crippen LogP contribution in [0.3, 0.4) is 0 Å². The van der Waals surface area contributed by atoms with Crippen molar-refractivity contribution in [2.24, 2.45) is 0 Å². The Balaban J connectivity index is 2.38. The molecule has 1 fully saturated rings. The van der Waals surface area contributed by atoms with Crippen LogP contribution in [0.5, 0.6) is 0 Å². The van der Waals surface area contributed by atoms with E-state index in [0.717, 1.165) is 0 Å². The fourth-order valence-corrected chi connectivity index (χ4v) is 2.09. The molecule has 0 spiro atoms. The first-order valence-corrected chi connectivity index (χ1v) is 3.87. The van der Waals surface area contributed by atoms with Crippen LogP contribution >= 0.6 is 11.8 Å². The van der Waals surface area contributed by atoms with Gasteiger partial charge >= 0.3 is 0 Å². The molecule has 9 heavy (non-hydrogen) atoms. The molecule has 2 unspecified atom stereocenters. The van der Waals surface area contributed by atoms with Gasteiger partial charge in [-0.3, -0.25) is 0 Å². The summed E-state index contributed by atoms with van der Waals surface area (Å²) in [5.74, 6) is 0.528. The summed E-state index contributed by atoms with van der Waals surface area (Å²) in [7, 11) is 0. The minimum Gasteiger partial charge on any atom is -0.511 e. The van der Waals surface area contributed by atoms with Crippen molar-refractivity contribution in [2.75, 3.05) is 0 Å². The summed E-state index contributed by atoms with van der Waals surface area (Å²) >= 11 is 1.80. The van der Waals surface area contributed by atoms with E-state index in [4.69, 9.17) is 0 Å². The van der Waals surface area contributed by atoms with Crippen molar-refractivity contribution < 1.29 is 5.11 Å². The summed E-state index contributed by atoms with van der Waals surface area (Å²) in [6.45, 7) is 2.07. The Hall–Kier alpha value is -0.370. The van der Waals surface area contributed by atoms with Crippen LogP contribution in [0.1, 0.15) is 6.92 Å². The molecule has 0 aromatic carbocycles. The van der Waals surface area contributed by atoms with Crippen LogP contribution in [0, 0.1) is 0 Å². The Morgan fingerprint density at radius 3 is 3.11 bits per heavy atom. The van der Waals surface area contributed by atoms with Gasteiger partial charge in [-0.25, -0.2) is 0 Å². The van der Waals surface area contributed by atoms with Gasteiger partial charge in [0.15, 0.2) is 0 Å². The Labute approximate surface area is 58.5 Å². The number of aliphatic hydroxyl groups is 1. The molecule has 1 aliphatic carbocycles. The molecule has 48 valence electrons. The quantitative estimate of drug-likeness (QED) is 0.518. The van der Waals surface area contributed by atoms with Gasteiger partial charge in [-0.1, -0.05) is 12.2 Å². The van der Waals surface area contributed by atoms with Crippen molar-refractivity contribution in [2.45, 2.75) is 16.9 Å². The van der Waals surface area contributed by atoms with Gasteiger partial charge in [0.2, 0.25) is 0 Å². The second-order valence-electron chi connectivity index (χ2n) is 2.58. The number of hydrogen-bond donors (Lipinski definition) is 1. The third kappa shape index (κ3) is 0.568. The number of rotatable bonds is 0. The van der Waals surface area contributed by atoms with E-state index < -0.39 is 0 Å². The van der Waals surface area contributed by atoms with Crippen molar-refractivity contribution in [1.82, 2.24) is 0 Å². The fourth-order valence-electron chi connectivity index (χ4n) is 1.07. The van der Waals surface area contributed by atoms with Crippen molar-refractivity contribution in [3.8, 4) is 0 Å². The highest BCUT2D eigenvalue weighted by Crippen LogP contribution is 2.59. The van der Waals surface area contributed by atoms with E-state index in [0.29, 0.717) is 11.0 Å². The fraction of sp³-hybridized carbons (Fsp3) is 0.429. The number of hydrogen-bond acceptors (Lipinski definition) is 2. The molecule has 1 nitrogen and oxygen atoms in total. The van der Waals surface area contributed by atoms with Crippen molar-refractivity contribution in [3.63, 3.8) is 0 Å². The topological polar surface area (TPSA) is 20.2 Å². The number of allylic oxidation sites excluding steroid dienone is 2. The summed E-state index contributed by atoms with van der Waals surface area (Å²) < 4.78 is 0.0503. The maximum atomic E-state index is 9.27. The van der Waals surface area contributed by atoms with Gasteiger partial charge < -0.3 is 5.11 Å². The van der Waals surface area contributed by atoms with Crippen molar-refractivity contribution in [3.05, 3.63) is 24.0 Å². The third-order valence-electron chi connectivity index (χ3n) is 1.91. The molecule has 0 amide bonds. The highest BCUT2D eigenvalue weighted by atomic mass is 32.2. The van der Waals surface area contributed by atoms with E-state index in [1.807, 2.05) is 6.08 Å². The zero-order valence-corrected chi connectivity index (χ0v) is 5.98. The van der Waals surface area contributed by atoms with Crippen LogP contribution in [-0.2, 0) is 0 Å². The number of thioether (sulfide) groups is 1. The Kier molecular flexibility index (Phi) is 0.826. The lowest BCUT2D eigenvalue weighted by atomic mass is 10.0. The Bertz CT molecular complexity index is 207. The molecule has 0 radical (unpaired) electrons. The molecule has 2 rings (SSSR count). The average Bonchev–Trinajstić information content (AvgIpc) is 2.44. The van der Waals surface area contributed by atoms with Gasteiger partial charge in [-0.05, 0) is 13.0 Å². The standard InChI is InChI=1S/C7H8OS/c1-7-5(8)3-2-4-6(7)9-7/h2-4,6,8H,1H3. The summed E-state index contributed by atoms with van der Waals surface area (Å²) in [6.07, 6.45) is 5.82. The maximum Gasteiger partial charge on any atom is 0.109 e. The first-order valence-electron chi connectivity index (χ1n) is 2.99. The Morgan fingerprint density at radius 2 is 2.56 bits per heavy atom. The lowest BCUT2D eigenvalue weighted by Crippen LogP contribution is -2.13. The molecule has 0 bridgehead atoms. The molecule has 2 aliphatic rings. The molecule has 1 N–H and O–H groups in total. The molecular formula is C7H8OS. The summed E-state index contributed by atoms with van der Waals surface area (Å²) in [5, 5.41) is 9.81. The highest BCUT2D eigenvalue weighted by molar-refractivity contribution is 8.09. The third-order valence-corrected chi connectivity index (χ3v) is 3.49. The van der Waals surface area contributed by atoms with Crippen LogP contribution in [0.25, 0.3) is 0 Å². The number of aliphatic hydroxyl groups excluding tert-OH is 1. The van der Waals surface area contributed by atoms with E-state index in [1.54, 1.807) is 17.8 Å². The van der Waals surface area contributed by atoms with Crippen LogP contribution in [0.2, 0.25) is 0 Å². The maximum absolute atomic E-state index is 9.27. The summed E-state index contributed by atoms with van der Waals surface area (Å²) in [4.78, 5) is 0. The first kappa shape index (κ1) is 5.42. The largest absolute Gasteiger partial charge is 0.511 e.